The van der Waals surface area contributed by atoms with Crippen molar-refractivity contribution in [2.75, 3.05) is 5.32 Å². The van der Waals surface area contributed by atoms with Gasteiger partial charge in [-0.05, 0) is 47.9 Å². The lowest BCUT2D eigenvalue weighted by Crippen LogP contribution is -2.00. The van der Waals surface area contributed by atoms with E-state index in [1.165, 1.54) is 0 Å². The van der Waals surface area contributed by atoms with Crippen molar-refractivity contribution in [1.29, 1.82) is 0 Å². The molecular formula is C24H22N8. The molecule has 0 saturated carbocycles. The Morgan fingerprint density at radius 3 is 2.62 bits per heavy atom. The number of nitrogens with one attached hydrogen (secondary N) is 1. The Bertz CT molecular complexity index is 1390. The first-order valence-electron chi connectivity index (χ1n) is 10.4. The van der Waals surface area contributed by atoms with E-state index < -0.39 is 0 Å². The molecule has 0 aliphatic rings. The molecule has 5 aromatic heterocycles. The molecule has 0 amide bonds. The van der Waals surface area contributed by atoms with E-state index in [2.05, 4.69) is 44.4 Å². The minimum absolute atomic E-state index is 0.371. The summed E-state index contributed by atoms with van der Waals surface area (Å²) in [4.78, 5) is 13.6. The number of hydrogen-bond acceptors (Lipinski definition) is 7. The smallest absolute Gasteiger partial charge is 0.154 e. The van der Waals surface area contributed by atoms with E-state index in [0.717, 1.165) is 39.0 Å². The van der Waals surface area contributed by atoms with Gasteiger partial charge in [0.15, 0.2) is 5.82 Å². The van der Waals surface area contributed by atoms with Crippen molar-refractivity contribution in [1.82, 2.24) is 34.9 Å². The molecule has 1 N–H and O–H groups in total. The van der Waals surface area contributed by atoms with E-state index in [1.807, 2.05) is 66.7 Å². The highest BCUT2D eigenvalue weighted by atomic mass is 15.3. The van der Waals surface area contributed by atoms with Gasteiger partial charge in [-0.15, -0.1) is 5.10 Å². The summed E-state index contributed by atoms with van der Waals surface area (Å²) in [6, 6.07) is 11.8. The fourth-order valence-electron chi connectivity index (χ4n) is 3.61. The second-order valence-corrected chi connectivity index (χ2v) is 7.88. The molecule has 0 bridgehead atoms. The number of rotatable bonds is 5. The van der Waals surface area contributed by atoms with Gasteiger partial charge in [-0.1, -0.05) is 13.8 Å². The largest absolute Gasteiger partial charge is 0.323 e. The van der Waals surface area contributed by atoms with Gasteiger partial charge in [-0.3, -0.25) is 14.6 Å². The van der Waals surface area contributed by atoms with E-state index in [1.54, 1.807) is 12.4 Å². The number of anilines is 2. The van der Waals surface area contributed by atoms with Crippen LogP contribution in [0.2, 0.25) is 0 Å². The Kier molecular flexibility index (Phi) is 5.03. The Morgan fingerprint density at radius 1 is 0.906 bits per heavy atom. The van der Waals surface area contributed by atoms with E-state index in [0.29, 0.717) is 17.6 Å². The van der Waals surface area contributed by atoms with Crippen LogP contribution in [-0.4, -0.2) is 34.9 Å². The maximum Gasteiger partial charge on any atom is 0.154 e. The van der Waals surface area contributed by atoms with Crippen molar-refractivity contribution in [3.8, 4) is 22.4 Å². The molecule has 0 unspecified atom stereocenters. The number of fused-ring (bicyclic) bond motifs is 1. The number of aryl methyl sites for hydroxylation is 1. The summed E-state index contributed by atoms with van der Waals surface area (Å²) < 4.78 is 1.85. The topological polar surface area (TPSA) is 94.3 Å². The quantitative estimate of drug-likeness (QED) is 0.437. The molecule has 0 atom stereocenters. The van der Waals surface area contributed by atoms with Gasteiger partial charge in [0.05, 0.1) is 29.1 Å². The molecule has 8 heteroatoms. The van der Waals surface area contributed by atoms with E-state index >= 15 is 0 Å². The second-order valence-electron chi connectivity index (χ2n) is 7.88. The standard InChI is InChI=1S/C24H22N8/c1-15(2)17-10-23(31-27-13-17)30-22-7-6-20-21(29-22)9-18(12-26-20)19-14-28-32(3)24(19)16-5-4-8-25-11-16/h4-15H,1-3H3,(H,29,30,31). The predicted molar refractivity (Wildman–Crippen MR) is 124 cm³/mol. The Balaban J connectivity index is 1.52. The lowest BCUT2D eigenvalue weighted by Gasteiger charge is -2.09. The molecule has 5 rings (SSSR count). The van der Waals surface area contributed by atoms with Crippen LogP contribution in [0.15, 0.2) is 67.4 Å². The summed E-state index contributed by atoms with van der Waals surface area (Å²) in [6.07, 6.45) is 9.08. The summed E-state index contributed by atoms with van der Waals surface area (Å²) in [5.41, 5.74) is 6.60. The van der Waals surface area contributed by atoms with Crippen molar-refractivity contribution in [2.24, 2.45) is 7.05 Å². The normalized spacial score (nSPS) is 11.2. The third-order valence-electron chi connectivity index (χ3n) is 5.32. The SMILES string of the molecule is CC(C)c1cnnc(Nc2ccc3ncc(-c4cnn(C)c4-c4cccnc4)cc3n2)c1. The second kappa shape index (κ2) is 8.14. The predicted octanol–water partition coefficient (Wildman–Crippen LogP) is 4.75. The van der Waals surface area contributed by atoms with Gasteiger partial charge >= 0.3 is 0 Å². The van der Waals surface area contributed by atoms with Crippen LogP contribution in [0.1, 0.15) is 25.3 Å². The molecular weight excluding hydrogens is 400 g/mol. The van der Waals surface area contributed by atoms with Crippen molar-refractivity contribution >= 4 is 22.7 Å². The van der Waals surface area contributed by atoms with Crippen LogP contribution in [0.4, 0.5) is 11.6 Å². The molecule has 8 nitrogen and oxygen atoms in total. The molecule has 5 aromatic rings. The van der Waals surface area contributed by atoms with Crippen LogP contribution in [0.25, 0.3) is 33.4 Å². The van der Waals surface area contributed by atoms with Crippen LogP contribution >= 0.6 is 0 Å². The lowest BCUT2D eigenvalue weighted by atomic mass is 10.0. The molecule has 0 aromatic carbocycles. The van der Waals surface area contributed by atoms with Crippen molar-refractivity contribution < 1.29 is 0 Å². The van der Waals surface area contributed by atoms with Gasteiger partial charge in [-0.2, -0.15) is 10.2 Å². The van der Waals surface area contributed by atoms with Crippen LogP contribution in [0, 0.1) is 0 Å². The summed E-state index contributed by atoms with van der Waals surface area (Å²) in [5, 5.41) is 16.0. The minimum Gasteiger partial charge on any atom is -0.323 e. The number of pyridine rings is 3. The zero-order valence-electron chi connectivity index (χ0n) is 18.1. The molecule has 0 spiro atoms. The van der Waals surface area contributed by atoms with Gasteiger partial charge in [-0.25, -0.2) is 4.98 Å². The Labute approximate surface area is 185 Å². The summed E-state index contributed by atoms with van der Waals surface area (Å²) in [5.74, 6) is 1.72. The Morgan fingerprint density at radius 2 is 1.81 bits per heavy atom. The monoisotopic (exact) mass is 422 g/mol. The van der Waals surface area contributed by atoms with Crippen LogP contribution < -0.4 is 5.32 Å². The third kappa shape index (κ3) is 3.78. The van der Waals surface area contributed by atoms with E-state index in [9.17, 15) is 0 Å². The summed E-state index contributed by atoms with van der Waals surface area (Å²) in [6.45, 7) is 4.25. The molecule has 0 aliphatic heterocycles. The Hall–Kier alpha value is -4.20. The van der Waals surface area contributed by atoms with E-state index in [4.69, 9.17) is 4.98 Å². The van der Waals surface area contributed by atoms with Crippen molar-refractivity contribution in [2.45, 2.75) is 19.8 Å². The van der Waals surface area contributed by atoms with Gasteiger partial charge in [0, 0.05) is 42.3 Å². The number of aromatic nitrogens is 7. The van der Waals surface area contributed by atoms with Gasteiger partial charge in [0.1, 0.15) is 5.82 Å². The molecule has 0 radical (unpaired) electrons. The molecule has 5 heterocycles. The molecule has 32 heavy (non-hydrogen) atoms. The van der Waals surface area contributed by atoms with Crippen LogP contribution in [-0.2, 0) is 7.05 Å². The minimum atomic E-state index is 0.371. The van der Waals surface area contributed by atoms with Crippen molar-refractivity contribution in [3.63, 3.8) is 0 Å². The zero-order valence-corrected chi connectivity index (χ0v) is 18.1. The van der Waals surface area contributed by atoms with Gasteiger partial charge in [0.2, 0.25) is 0 Å². The fraction of sp³-hybridized carbons (Fsp3) is 0.167. The van der Waals surface area contributed by atoms with Crippen molar-refractivity contribution in [3.05, 3.63) is 72.9 Å². The number of nitrogens with zero attached hydrogens (tertiary/aromatic N) is 7. The highest BCUT2D eigenvalue weighted by molar-refractivity contribution is 5.86. The maximum absolute atomic E-state index is 4.76. The highest BCUT2D eigenvalue weighted by Crippen LogP contribution is 2.32. The first-order valence-corrected chi connectivity index (χ1v) is 10.4. The lowest BCUT2D eigenvalue weighted by molar-refractivity contribution is 0.775. The average molecular weight is 422 g/mol. The molecule has 0 aliphatic carbocycles. The first kappa shape index (κ1) is 19.7. The fourth-order valence-corrected chi connectivity index (χ4v) is 3.61. The average Bonchev–Trinajstić information content (AvgIpc) is 3.20. The zero-order chi connectivity index (χ0) is 22.1. The third-order valence-corrected chi connectivity index (χ3v) is 5.32. The molecule has 0 fully saturated rings. The van der Waals surface area contributed by atoms with Gasteiger partial charge < -0.3 is 5.32 Å². The summed E-state index contributed by atoms with van der Waals surface area (Å²) >= 11 is 0. The summed E-state index contributed by atoms with van der Waals surface area (Å²) in [7, 11) is 1.92. The maximum atomic E-state index is 4.76. The van der Waals surface area contributed by atoms with Gasteiger partial charge in [0.25, 0.3) is 0 Å². The molecule has 0 saturated heterocycles. The van der Waals surface area contributed by atoms with Crippen LogP contribution in [0.5, 0.6) is 0 Å². The van der Waals surface area contributed by atoms with Crippen LogP contribution in [0.3, 0.4) is 0 Å². The van der Waals surface area contributed by atoms with E-state index in [-0.39, 0.29) is 0 Å². The number of hydrogen-bond donors (Lipinski definition) is 1. The molecule has 158 valence electrons. The highest BCUT2D eigenvalue weighted by Gasteiger charge is 2.14. The first-order chi connectivity index (χ1) is 15.6.